The Labute approximate surface area is 198 Å². The number of aliphatic imine (C=N–C) groups is 1. The molecule has 172 valence electrons. The number of aromatic nitrogens is 1. The van der Waals surface area contributed by atoms with Gasteiger partial charge in [0.15, 0.2) is 5.96 Å². The third kappa shape index (κ3) is 9.78. The summed E-state index contributed by atoms with van der Waals surface area (Å²) in [4.78, 5) is 14.0. The molecule has 1 saturated heterocycles. The van der Waals surface area contributed by atoms with Gasteiger partial charge in [-0.15, -0.1) is 24.0 Å². The lowest BCUT2D eigenvalue weighted by Gasteiger charge is -2.34. The van der Waals surface area contributed by atoms with E-state index in [9.17, 15) is 8.42 Å². The van der Waals surface area contributed by atoms with E-state index < -0.39 is 9.84 Å². The molecule has 1 aromatic heterocycles. The predicted octanol–water partition coefficient (Wildman–Crippen LogP) is 1.72. The van der Waals surface area contributed by atoms with Crippen molar-refractivity contribution in [2.45, 2.75) is 39.8 Å². The Morgan fingerprint density at radius 1 is 1.23 bits per heavy atom. The van der Waals surface area contributed by atoms with Crippen LogP contribution in [0.25, 0.3) is 0 Å². The summed E-state index contributed by atoms with van der Waals surface area (Å²) in [6.45, 7) is 12.7. The van der Waals surface area contributed by atoms with E-state index in [1.807, 2.05) is 20.0 Å². The number of nitrogens with zero attached hydrogens (tertiary/aromatic N) is 4. The van der Waals surface area contributed by atoms with Gasteiger partial charge in [0.05, 0.1) is 12.3 Å². The van der Waals surface area contributed by atoms with Crippen LogP contribution in [0.4, 0.5) is 5.82 Å². The number of halogens is 1. The van der Waals surface area contributed by atoms with Crippen LogP contribution in [0.2, 0.25) is 0 Å². The van der Waals surface area contributed by atoms with Crippen molar-refractivity contribution < 1.29 is 8.42 Å². The second-order valence-electron chi connectivity index (χ2n) is 7.61. The van der Waals surface area contributed by atoms with E-state index in [0.717, 1.165) is 50.6 Å². The molecule has 2 rings (SSSR count). The second-order valence-corrected chi connectivity index (χ2v) is 9.86. The van der Waals surface area contributed by atoms with E-state index in [0.29, 0.717) is 18.9 Å². The monoisotopic (exact) mass is 552 g/mol. The fourth-order valence-electron chi connectivity index (χ4n) is 3.18. The average molecular weight is 553 g/mol. The summed E-state index contributed by atoms with van der Waals surface area (Å²) in [5, 5.41) is 6.48. The number of sulfone groups is 1. The van der Waals surface area contributed by atoms with E-state index in [1.54, 1.807) is 0 Å². The minimum atomic E-state index is -2.96. The van der Waals surface area contributed by atoms with E-state index in [4.69, 9.17) is 0 Å². The van der Waals surface area contributed by atoms with Gasteiger partial charge in [-0.25, -0.2) is 18.4 Å². The third-order valence-electron chi connectivity index (χ3n) is 5.02. The Hall–Kier alpha value is -1.14. The zero-order valence-electron chi connectivity index (χ0n) is 18.6. The van der Waals surface area contributed by atoms with Crippen molar-refractivity contribution >= 4 is 45.6 Å². The van der Waals surface area contributed by atoms with Gasteiger partial charge in [0, 0.05) is 51.2 Å². The molecule has 0 aliphatic carbocycles. The fraction of sp³-hybridized carbons (Fsp3) is 0.700. The number of hydrogen-bond acceptors (Lipinski definition) is 6. The molecule has 1 aliphatic rings. The summed E-state index contributed by atoms with van der Waals surface area (Å²) in [5.41, 5.74) is 1.04. The lowest BCUT2D eigenvalue weighted by atomic mass is 10.2. The highest BCUT2D eigenvalue weighted by Gasteiger charge is 2.16. The Bertz CT molecular complexity index is 749. The van der Waals surface area contributed by atoms with Crippen molar-refractivity contribution in [1.29, 1.82) is 0 Å². The number of hydrogen-bond donors (Lipinski definition) is 2. The van der Waals surface area contributed by atoms with E-state index in [2.05, 4.69) is 49.5 Å². The van der Waals surface area contributed by atoms with Crippen LogP contribution in [-0.2, 0) is 16.4 Å². The van der Waals surface area contributed by atoms with Crippen molar-refractivity contribution in [2.75, 3.05) is 56.2 Å². The number of piperazine rings is 1. The van der Waals surface area contributed by atoms with Crippen molar-refractivity contribution in [3.63, 3.8) is 0 Å². The highest BCUT2D eigenvalue weighted by atomic mass is 127. The summed E-state index contributed by atoms with van der Waals surface area (Å²) in [5.74, 6) is 1.87. The molecule has 1 aliphatic heterocycles. The molecular formula is C20H37IN6O2S. The average Bonchev–Trinajstić information content (AvgIpc) is 2.71. The molecule has 1 unspecified atom stereocenters. The molecule has 2 N–H and O–H groups in total. The molecule has 8 nitrogen and oxygen atoms in total. The smallest absolute Gasteiger partial charge is 0.191 e. The number of pyridine rings is 1. The lowest BCUT2D eigenvalue weighted by molar-refractivity contribution is 0.270. The quantitative estimate of drug-likeness (QED) is 0.274. The molecule has 30 heavy (non-hydrogen) atoms. The number of anilines is 1. The Morgan fingerprint density at radius 3 is 2.47 bits per heavy atom. The van der Waals surface area contributed by atoms with Gasteiger partial charge in [-0.2, -0.15) is 0 Å². The van der Waals surface area contributed by atoms with Crippen LogP contribution >= 0.6 is 24.0 Å². The normalized spacial score (nSPS) is 16.7. The first-order chi connectivity index (χ1) is 13.8. The molecule has 0 amide bonds. The first-order valence-electron chi connectivity index (χ1n) is 10.5. The fourth-order valence-corrected chi connectivity index (χ4v) is 3.96. The molecule has 1 atom stereocenters. The first kappa shape index (κ1) is 26.9. The van der Waals surface area contributed by atoms with Crippen LogP contribution in [0.15, 0.2) is 23.3 Å². The standard InChI is InChI=1S/C20H36N6O2S.HI/c1-5-21-20(24-17(3)9-14-29(4,27)28)23-16-18-7-8-19(22-15-18)26-12-10-25(6-2)11-13-26;/h7-8,15,17H,5-6,9-14,16H2,1-4H3,(H2,21,23,24);1H. The van der Waals surface area contributed by atoms with Gasteiger partial charge >= 0.3 is 0 Å². The van der Waals surface area contributed by atoms with E-state index in [-0.39, 0.29) is 35.8 Å². The van der Waals surface area contributed by atoms with E-state index in [1.165, 1.54) is 6.26 Å². The zero-order valence-corrected chi connectivity index (χ0v) is 21.7. The van der Waals surface area contributed by atoms with Crippen LogP contribution in [0.1, 0.15) is 32.8 Å². The van der Waals surface area contributed by atoms with E-state index >= 15 is 0 Å². The van der Waals surface area contributed by atoms with Gasteiger partial charge in [0.1, 0.15) is 15.7 Å². The second kappa shape index (κ2) is 13.3. The van der Waals surface area contributed by atoms with Gasteiger partial charge in [-0.1, -0.05) is 13.0 Å². The van der Waals surface area contributed by atoms with Crippen LogP contribution in [0.5, 0.6) is 0 Å². The van der Waals surface area contributed by atoms with Gasteiger partial charge in [-0.05, 0) is 38.4 Å². The van der Waals surface area contributed by atoms with Crippen LogP contribution in [0.3, 0.4) is 0 Å². The Balaban J connectivity index is 0.00000450. The topological polar surface area (TPSA) is 89.9 Å². The molecular weight excluding hydrogens is 515 g/mol. The Kier molecular flexibility index (Phi) is 11.9. The number of rotatable bonds is 9. The molecule has 1 aromatic rings. The van der Waals surface area contributed by atoms with Crippen molar-refractivity contribution in [2.24, 2.45) is 4.99 Å². The highest BCUT2D eigenvalue weighted by Crippen LogP contribution is 2.14. The molecule has 2 heterocycles. The minimum absolute atomic E-state index is 0. The molecule has 0 radical (unpaired) electrons. The Morgan fingerprint density at radius 2 is 1.93 bits per heavy atom. The highest BCUT2D eigenvalue weighted by molar-refractivity contribution is 14.0. The summed E-state index contributed by atoms with van der Waals surface area (Å²) in [6, 6.07) is 4.17. The van der Waals surface area contributed by atoms with Crippen molar-refractivity contribution in [3.05, 3.63) is 23.9 Å². The number of guanidine groups is 1. The molecule has 1 fully saturated rings. The maximum absolute atomic E-state index is 11.3. The predicted molar refractivity (Wildman–Crippen MR) is 136 cm³/mol. The van der Waals surface area contributed by atoms with Gasteiger partial charge < -0.3 is 20.4 Å². The third-order valence-corrected chi connectivity index (χ3v) is 6.00. The summed E-state index contributed by atoms with van der Waals surface area (Å²) in [7, 11) is -2.96. The molecule has 0 spiro atoms. The molecule has 10 heteroatoms. The van der Waals surface area contributed by atoms with Crippen molar-refractivity contribution in [1.82, 2.24) is 20.5 Å². The molecule has 0 saturated carbocycles. The number of nitrogens with one attached hydrogen (secondary N) is 2. The molecule has 0 bridgehead atoms. The van der Waals surface area contributed by atoms with Crippen molar-refractivity contribution in [3.8, 4) is 0 Å². The minimum Gasteiger partial charge on any atom is -0.357 e. The zero-order chi connectivity index (χ0) is 21.3. The van der Waals surface area contributed by atoms with Gasteiger partial charge in [0.25, 0.3) is 0 Å². The maximum atomic E-state index is 11.3. The summed E-state index contributed by atoms with van der Waals surface area (Å²) >= 11 is 0. The SMILES string of the molecule is CCNC(=NCc1ccc(N2CCN(CC)CC2)nc1)NC(C)CCS(C)(=O)=O.I. The maximum Gasteiger partial charge on any atom is 0.191 e. The summed E-state index contributed by atoms with van der Waals surface area (Å²) < 4.78 is 22.7. The first-order valence-corrected chi connectivity index (χ1v) is 12.5. The largest absolute Gasteiger partial charge is 0.357 e. The summed E-state index contributed by atoms with van der Waals surface area (Å²) in [6.07, 6.45) is 3.70. The van der Waals surface area contributed by atoms with Crippen LogP contribution < -0.4 is 15.5 Å². The van der Waals surface area contributed by atoms with Crippen LogP contribution in [-0.4, -0.2) is 81.6 Å². The number of likely N-dealkylation sites (N-methyl/N-ethyl adjacent to an activating group) is 1. The van der Waals surface area contributed by atoms with Gasteiger partial charge in [-0.3, -0.25) is 0 Å². The lowest BCUT2D eigenvalue weighted by Crippen LogP contribution is -2.46. The van der Waals surface area contributed by atoms with Gasteiger partial charge in [0.2, 0.25) is 0 Å². The van der Waals surface area contributed by atoms with Crippen LogP contribution in [0, 0.1) is 0 Å². The molecule has 0 aromatic carbocycles.